The highest BCUT2D eigenvalue weighted by atomic mass is 35.6. The van der Waals surface area contributed by atoms with E-state index in [4.69, 9.17) is 278 Å². The molecule has 4 aliphatic carbocycles. The molecule has 0 radical (unpaired) electrons. The molecule has 0 spiro atoms. The van der Waals surface area contributed by atoms with Crippen LogP contribution in [0.1, 0.15) is 0 Å². The van der Waals surface area contributed by atoms with E-state index in [0.29, 0.717) is 0 Å². The van der Waals surface area contributed by atoms with E-state index in [2.05, 4.69) is 0 Å². The Bertz CT molecular complexity index is 1320. The maximum absolute atomic E-state index is 7.26. The molecule has 4 rings (SSSR count). The highest BCUT2D eigenvalue weighted by molar-refractivity contribution is 6.82. The van der Waals surface area contributed by atoms with Crippen molar-refractivity contribution in [3.63, 3.8) is 0 Å². The first-order chi connectivity index (χ1) is 17.6. The Morgan fingerprint density at radius 3 is 1.05 bits per heavy atom. The van der Waals surface area contributed by atoms with Crippen molar-refractivity contribution in [2.24, 2.45) is 0 Å². The maximum atomic E-state index is 7.26. The highest BCUT2D eigenvalue weighted by Crippen LogP contribution is 2.92. The minimum absolute atomic E-state index is 0.735. The number of hydrogen-bond acceptors (Lipinski definition) is 0. The van der Waals surface area contributed by atoms with Crippen LogP contribution in [0.15, 0.2) is 21.2 Å². The standard InChI is InChI=1S/C17Cl24/c18-2-1-3-6(21)9(25,11(6,28)29)15(36,37)13(32,33)7(3,22)14(34,35)17(40,41)16(38,39)12(30,31)5(1,20)10(26,27)8(23,24)4(2)19/b3-1-. The summed E-state index contributed by atoms with van der Waals surface area (Å²) in [4.78, 5) is -11.4. The molecule has 4 unspecified atom stereocenters. The van der Waals surface area contributed by atoms with Crippen molar-refractivity contribution in [3.8, 4) is 0 Å². The molecule has 0 aromatic carbocycles. The van der Waals surface area contributed by atoms with E-state index in [1.807, 2.05) is 0 Å². The van der Waals surface area contributed by atoms with Gasteiger partial charge in [-0.05, 0) is 5.57 Å². The Morgan fingerprint density at radius 1 is 0.317 bits per heavy atom. The number of allylic oxidation sites excluding steroid dienone is 4. The van der Waals surface area contributed by atoms with Crippen LogP contribution in [0.25, 0.3) is 0 Å². The summed E-state index contributed by atoms with van der Waals surface area (Å²) >= 11 is 163. The van der Waals surface area contributed by atoms with E-state index in [-0.39, 0.29) is 0 Å². The summed E-state index contributed by atoms with van der Waals surface area (Å²) in [6, 6.07) is 0. The number of rotatable bonds is 0. The Labute approximate surface area is 352 Å². The van der Waals surface area contributed by atoms with Gasteiger partial charge in [0.2, 0.25) is 0 Å². The Balaban J connectivity index is 2.54. The molecule has 236 valence electrons. The number of halogens is 24. The van der Waals surface area contributed by atoms with Crippen molar-refractivity contribution < 1.29 is 0 Å². The molecule has 4 atom stereocenters. The van der Waals surface area contributed by atoms with Crippen LogP contribution < -0.4 is 0 Å². The normalized spacial score (nSPS) is 46.8. The van der Waals surface area contributed by atoms with E-state index in [1.54, 1.807) is 0 Å². The molecule has 41 heavy (non-hydrogen) atoms. The third-order valence-electron chi connectivity index (χ3n) is 7.38. The molecule has 0 bridgehead atoms. The van der Waals surface area contributed by atoms with E-state index < -0.39 is 79.7 Å². The molecule has 2 fully saturated rings. The molecule has 0 aliphatic heterocycles. The van der Waals surface area contributed by atoms with Gasteiger partial charge in [0.05, 0.1) is 10.1 Å². The third-order valence-corrected chi connectivity index (χ3v) is 25.0. The van der Waals surface area contributed by atoms with E-state index >= 15 is 0 Å². The monoisotopic (exact) mass is 1040 g/mol. The topological polar surface area (TPSA) is 0 Å². The second-order valence-electron chi connectivity index (χ2n) is 9.18. The zero-order valence-corrected chi connectivity index (χ0v) is 35.7. The lowest BCUT2D eigenvalue weighted by Crippen LogP contribution is -2.81. The summed E-state index contributed by atoms with van der Waals surface area (Å²) in [5.41, 5.74) is -1.64. The van der Waals surface area contributed by atoms with Crippen LogP contribution in [0.4, 0.5) is 0 Å². The molecule has 0 aromatic rings. The van der Waals surface area contributed by atoms with Gasteiger partial charge in [-0.25, -0.2) is 0 Å². The molecule has 0 aromatic heterocycles. The maximum Gasteiger partial charge on any atom is 0.189 e. The number of hydrogen-bond donors (Lipinski definition) is 0. The van der Waals surface area contributed by atoms with Gasteiger partial charge in [0, 0.05) is 5.57 Å². The van der Waals surface area contributed by atoms with E-state index in [0.717, 1.165) is 0 Å². The molecule has 0 N–H and O–H groups in total. The van der Waals surface area contributed by atoms with Gasteiger partial charge in [0.1, 0.15) is 19.5 Å². The Morgan fingerprint density at radius 2 is 0.659 bits per heavy atom. The highest BCUT2D eigenvalue weighted by Gasteiger charge is 3.04. The SMILES string of the molecule is ClC1=C(Cl)C(Cl)(Cl)C(Cl)(Cl)C2(Cl)/C1=C1\C(Cl)(C(Cl)(Cl)C(Cl)(Cl)C(Cl)(Cl)C2(Cl)Cl)C(Cl)(Cl)C(Cl)(Cl)C2(Cl)C(Cl)(Cl)C12Cl. The van der Waals surface area contributed by atoms with Crippen LogP contribution in [0, 0.1) is 0 Å². The third kappa shape index (κ3) is 3.70. The molecule has 0 amide bonds. The van der Waals surface area contributed by atoms with Crippen LogP contribution in [-0.4, -0.2) is 58.5 Å². The van der Waals surface area contributed by atoms with Crippen molar-refractivity contribution in [3.05, 3.63) is 21.2 Å². The van der Waals surface area contributed by atoms with Crippen molar-refractivity contribution in [2.75, 3.05) is 0 Å². The quantitative estimate of drug-likeness (QED) is 0.212. The molecule has 0 saturated heterocycles. The predicted molar refractivity (Wildman–Crippen MR) is 190 cm³/mol. The minimum Gasteiger partial charge on any atom is -0.110 e. The van der Waals surface area contributed by atoms with Crippen molar-refractivity contribution in [2.45, 2.75) is 58.5 Å². The Hall–Kier alpha value is 6.44. The molecule has 4 aliphatic rings. The van der Waals surface area contributed by atoms with Crippen LogP contribution in [-0.2, 0) is 0 Å². The molecular weight excluding hydrogens is 1060 g/mol. The number of alkyl halides is 22. The first-order valence-corrected chi connectivity index (χ1v) is 18.6. The fraction of sp³-hybridized carbons (Fsp3) is 0.765. The van der Waals surface area contributed by atoms with Crippen molar-refractivity contribution in [1.29, 1.82) is 0 Å². The molecule has 0 heterocycles. The lowest BCUT2D eigenvalue weighted by Gasteiger charge is -2.66. The minimum atomic E-state index is -3.19. The van der Waals surface area contributed by atoms with Crippen LogP contribution in [0.5, 0.6) is 0 Å². The smallest absolute Gasteiger partial charge is 0.110 e. The van der Waals surface area contributed by atoms with Crippen LogP contribution in [0.2, 0.25) is 0 Å². The van der Waals surface area contributed by atoms with Gasteiger partial charge in [-0.15, -0.1) is 46.4 Å². The second-order valence-corrected chi connectivity index (χ2v) is 24.2. The average Bonchev–Trinajstić information content (AvgIpc) is 3.17. The zero-order valence-electron chi connectivity index (χ0n) is 17.6. The first-order valence-electron chi connectivity index (χ1n) is 9.54. The molecular formula is C17Cl24. The van der Waals surface area contributed by atoms with E-state index in [1.165, 1.54) is 0 Å². The van der Waals surface area contributed by atoms with Crippen molar-refractivity contribution in [1.82, 2.24) is 0 Å². The fourth-order valence-corrected chi connectivity index (χ4v) is 16.2. The predicted octanol–water partition coefficient (Wildman–Crippen LogP) is 14.5. The van der Waals surface area contributed by atoms with Gasteiger partial charge in [0.25, 0.3) is 0 Å². The lowest BCUT2D eigenvalue weighted by atomic mass is 9.67. The van der Waals surface area contributed by atoms with E-state index in [9.17, 15) is 0 Å². The molecule has 24 heteroatoms. The van der Waals surface area contributed by atoms with Gasteiger partial charge in [-0.1, -0.05) is 232 Å². The Kier molecular flexibility index (Phi) is 10.1. The summed E-state index contributed by atoms with van der Waals surface area (Å²) in [6.07, 6.45) is 0. The first kappa shape index (κ1) is 40.2. The van der Waals surface area contributed by atoms with Gasteiger partial charge in [-0.2, -0.15) is 0 Å². The summed E-state index contributed by atoms with van der Waals surface area (Å²) in [6.45, 7) is 0. The number of fused-ring (bicyclic) bond motifs is 4. The van der Waals surface area contributed by atoms with Crippen molar-refractivity contribution >= 4 is 278 Å². The second kappa shape index (κ2) is 10.3. The van der Waals surface area contributed by atoms with Crippen LogP contribution >= 0.6 is 278 Å². The van der Waals surface area contributed by atoms with Gasteiger partial charge < -0.3 is 0 Å². The summed E-state index contributed by atoms with van der Waals surface area (Å²) < 4.78 is -26.8. The molecule has 2 saturated carbocycles. The van der Waals surface area contributed by atoms with Crippen LogP contribution in [0.3, 0.4) is 0 Å². The average molecular weight is 1060 g/mol. The van der Waals surface area contributed by atoms with Gasteiger partial charge >= 0.3 is 0 Å². The fourth-order valence-electron chi connectivity index (χ4n) is 5.06. The summed E-state index contributed by atoms with van der Waals surface area (Å²) in [5, 5.41) is -1.50. The summed E-state index contributed by atoms with van der Waals surface area (Å²) in [5.74, 6) is 0. The lowest BCUT2D eigenvalue weighted by molar-refractivity contribution is 0.325. The largest absolute Gasteiger partial charge is 0.189 e. The molecule has 0 nitrogen and oxygen atoms in total. The summed E-state index contributed by atoms with van der Waals surface area (Å²) in [7, 11) is 0. The zero-order chi connectivity index (χ0) is 32.8. The van der Waals surface area contributed by atoms with Gasteiger partial charge in [0.15, 0.2) is 39.0 Å². The van der Waals surface area contributed by atoms with Gasteiger partial charge in [-0.3, -0.25) is 0 Å².